The van der Waals surface area contributed by atoms with Crippen LogP contribution >= 0.6 is 15.9 Å². The van der Waals surface area contributed by atoms with Gasteiger partial charge >= 0.3 is 0 Å². The Morgan fingerprint density at radius 3 is 2.63 bits per heavy atom. The lowest BCUT2D eigenvalue weighted by molar-refractivity contribution is 0.102. The molecule has 4 nitrogen and oxygen atoms in total. The van der Waals surface area contributed by atoms with E-state index in [-0.39, 0.29) is 5.56 Å². The predicted molar refractivity (Wildman–Crippen MR) is 74.6 cm³/mol. The Morgan fingerprint density at radius 2 is 2.00 bits per heavy atom. The molecular weight excluding hydrogens is 315 g/mol. The van der Waals surface area contributed by atoms with Gasteiger partial charge in [0, 0.05) is 10.5 Å². The molecule has 6 heteroatoms. The molecule has 98 valence electrons. The first-order valence-corrected chi connectivity index (χ1v) is 6.11. The number of phenolic OH excluding ortho intramolecular Hbond substituents is 1. The summed E-state index contributed by atoms with van der Waals surface area (Å²) >= 11 is 3.25. The van der Waals surface area contributed by atoms with Gasteiger partial charge in [0.15, 0.2) is 0 Å². The second-order valence-corrected chi connectivity index (χ2v) is 4.76. The highest BCUT2D eigenvalue weighted by Crippen LogP contribution is 2.25. The second-order valence-electron chi connectivity index (χ2n) is 3.85. The van der Waals surface area contributed by atoms with E-state index in [0.717, 1.165) is 16.6 Å². The lowest BCUT2D eigenvalue weighted by Gasteiger charge is -2.09. The number of aromatic hydroxyl groups is 1. The lowest BCUT2D eigenvalue weighted by atomic mass is 10.1. The Morgan fingerprint density at radius 1 is 1.26 bits per heavy atom. The number of rotatable bonds is 2. The van der Waals surface area contributed by atoms with E-state index in [1.165, 1.54) is 6.07 Å². The number of hydrogen-bond acceptors (Lipinski definition) is 3. The van der Waals surface area contributed by atoms with Gasteiger partial charge in [0.1, 0.15) is 11.6 Å². The average Bonchev–Trinajstić information content (AvgIpc) is 2.32. The summed E-state index contributed by atoms with van der Waals surface area (Å²) in [6.07, 6.45) is 0. The number of amides is 1. The summed E-state index contributed by atoms with van der Waals surface area (Å²) in [5.41, 5.74) is 6.51. The molecule has 0 aliphatic heterocycles. The number of nitrogens with one attached hydrogen (secondary N) is 1. The molecule has 2 aromatic carbocycles. The van der Waals surface area contributed by atoms with E-state index in [1.54, 1.807) is 18.2 Å². The number of hydrogen-bond donors (Lipinski definition) is 3. The van der Waals surface area contributed by atoms with E-state index >= 15 is 0 Å². The van der Waals surface area contributed by atoms with E-state index < -0.39 is 17.5 Å². The van der Waals surface area contributed by atoms with Crippen LogP contribution in [0.5, 0.6) is 5.75 Å². The fraction of sp³-hybridized carbons (Fsp3) is 0. The molecule has 0 fully saturated rings. The summed E-state index contributed by atoms with van der Waals surface area (Å²) in [6.45, 7) is 0. The van der Waals surface area contributed by atoms with Crippen LogP contribution in [0.15, 0.2) is 40.9 Å². The van der Waals surface area contributed by atoms with Gasteiger partial charge in [-0.25, -0.2) is 4.39 Å². The van der Waals surface area contributed by atoms with Gasteiger partial charge in [0.05, 0.1) is 16.9 Å². The number of carbonyl (C=O) groups excluding carboxylic acids is 1. The quantitative estimate of drug-likeness (QED) is 0.743. The molecule has 4 N–H and O–H groups in total. The van der Waals surface area contributed by atoms with Crippen molar-refractivity contribution in [2.75, 3.05) is 11.1 Å². The highest BCUT2D eigenvalue weighted by Gasteiger charge is 2.13. The normalized spacial score (nSPS) is 10.2. The zero-order valence-corrected chi connectivity index (χ0v) is 11.2. The molecular formula is C13H10BrFN2O2. The van der Waals surface area contributed by atoms with E-state index in [1.807, 2.05) is 0 Å². The van der Waals surface area contributed by atoms with Gasteiger partial charge in [-0.3, -0.25) is 4.79 Å². The monoisotopic (exact) mass is 324 g/mol. The standard InChI is InChI=1S/C13H10BrFN2O2/c14-7-1-4-11(10(16)5-7)17-13(19)9-3-2-8(15)6-12(9)18/h1-6,18H,16H2,(H,17,19). The molecule has 2 aromatic rings. The van der Waals surface area contributed by atoms with Crippen LogP contribution in [0.3, 0.4) is 0 Å². The van der Waals surface area contributed by atoms with Crippen molar-refractivity contribution in [3.8, 4) is 5.75 Å². The van der Waals surface area contributed by atoms with Crippen LogP contribution in [-0.2, 0) is 0 Å². The molecule has 2 rings (SSSR count). The Hall–Kier alpha value is -2.08. The number of halogens is 2. The topological polar surface area (TPSA) is 75.3 Å². The number of benzene rings is 2. The second kappa shape index (κ2) is 5.27. The first kappa shape index (κ1) is 13.4. The van der Waals surface area contributed by atoms with Gasteiger partial charge in [0.2, 0.25) is 0 Å². The summed E-state index contributed by atoms with van der Waals surface area (Å²) in [5, 5.41) is 12.1. The number of phenols is 1. The van der Waals surface area contributed by atoms with Crippen LogP contribution in [0.2, 0.25) is 0 Å². The zero-order valence-electron chi connectivity index (χ0n) is 9.65. The van der Waals surface area contributed by atoms with Crippen LogP contribution in [-0.4, -0.2) is 11.0 Å². The third kappa shape index (κ3) is 3.03. The van der Waals surface area contributed by atoms with Crippen LogP contribution in [0.1, 0.15) is 10.4 Å². The van der Waals surface area contributed by atoms with Crippen molar-refractivity contribution in [1.82, 2.24) is 0 Å². The van der Waals surface area contributed by atoms with Crippen LogP contribution < -0.4 is 11.1 Å². The number of carbonyl (C=O) groups is 1. The summed E-state index contributed by atoms with van der Waals surface area (Å²) in [4.78, 5) is 11.9. The average molecular weight is 325 g/mol. The van der Waals surface area contributed by atoms with Crippen molar-refractivity contribution >= 4 is 33.2 Å². The SMILES string of the molecule is Nc1cc(Br)ccc1NC(=O)c1ccc(F)cc1O. The molecule has 1 amide bonds. The van der Waals surface area contributed by atoms with Crippen LogP contribution in [0.25, 0.3) is 0 Å². The molecule has 0 aromatic heterocycles. The summed E-state index contributed by atoms with van der Waals surface area (Å²) in [6, 6.07) is 8.16. The van der Waals surface area contributed by atoms with E-state index in [9.17, 15) is 14.3 Å². The fourth-order valence-corrected chi connectivity index (χ4v) is 1.91. The molecule has 0 radical (unpaired) electrons. The minimum Gasteiger partial charge on any atom is -0.507 e. The molecule has 19 heavy (non-hydrogen) atoms. The maximum Gasteiger partial charge on any atom is 0.259 e. The summed E-state index contributed by atoms with van der Waals surface area (Å²) in [5.74, 6) is -1.60. The molecule has 0 aliphatic carbocycles. The van der Waals surface area contributed by atoms with Gasteiger partial charge in [-0.05, 0) is 30.3 Å². The first-order valence-electron chi connectivity index (χ1n) is 5.32. The fourth-order valence-electron chi connectivity index (χ4n) is 1.53. The molecule has 0 bridgehead atoms. The minimum absolute atomic E-state index is 0.0243. The van der Waals surface area contributed by atoms with Crippen molar-refractivity contribution < 1.29 is 14.3 Å². The highest BCUT2D eigenvalue weighted by molar-refractivity contribution is 9.10. The largest absolute Gasteiger partial charge is 0.507 e. The number of nitrogens with two attached hydrogens (primary N) is 1. The van der Waals surface area contributed by atoms with Crippen molar-refractivity contribution in [3.63, 3.8) is 0 Å². The Kier molecular flexibility index (Phi) is 3.71. The van der Waals surface area contributed by atoms with Crippen molar-refractivity contribution in [2.45, 2.75) is 0 Å². The van der Waals surface area contributed by atoms with Gasteiger partial charge in [0.25, 0.3) is 5.91 Å². The molecule has 0 aliphatic rings. The van der Waals surface area contributed by atoms with Crippen molar-refractivity contribution in [1.29, 1.82) is 0 Å². The van der Waals surface area contributed by atoms with E-state index in [4.69, 9.17) is 5.73 Å². The summed E-state index contributed by atoms with van der Waals surface area (Å²) < 4.78 is 13.6. The highest BCUT2D eigenvalue weighted by atomic mass is 79.9. The Labute approximate surface area is 117 Å². The third-order valence-corrected chi connectivity index (χ3v) is 2.96. The smallest absolute Gasteiger partial charge is 0.259 e. The molecule has 0 saturated carbocycles. The minimum atomic E-state index is -0.614. The van der Waals surface area contributed by atoms with E-state index in [2.05, 4.69) is 21.2 Å². The maximum absolute atomic E-state index is 12.8. The van der Waals surface area contributed by atoms with Gasteiger partial charge < -0.3 is 16.2 Å². The third-order valence-electron chi connectivity index (χ3n) is 2.47. The van der Waals surface area contributed by atoms with Crippen molar-refractivity contribution in [2.24, 2.45) is 0 Å². The molecule has 0 heterocycles. The van der Waals surface area contributed by atoms with Gasteiger partial charge in [-0.2, -0.15) is 0 Å². The Balaban J connectivity index is 2.25. The van der Waals surface area contributed by atoms with Crippen molar-refractivity contribution in [3.05, 3.63) is 52.3 Å². The molecule has 0 atom stereocenters. The zero-order chi connectivity index (χ0) is 14.0. The molecule has 0 spiro atoms. The number of anilines is 2. The number of nitrogen functional groups attached to an aromatic ring is 1. The lowest BCUT2D eigenvalue weighted by Crippen LogP contribution is -2.13. The first-order chi connectivity index (χ1) is 8.97. The van der Waals surface area contributed by atoms with Crippen LogP contribution in [0, 0.1) is 5.82 Å². The van der Waals surface area contributed by atoms with E-state index in [0.29, 0.717) is 11.4 Å². The van der Waals surface area contributed by atoms with Crippen LogP contribution in [0.4, 0.5) is 15.8 Å². The van der Waals surface area contributed by atoms with Gasteiger partial charge in [-0.15, -0.1) is 0 Å². The molecule has 0 unspecified atom stereocenters. The maximum atomic E-state index is 12.8. The Bertz CT molecular complexity index is 647. The molecule has 0 saturated heterocycles. The summed E-state index contributed by atoms with van der Waals surface area (Å²) in [7, 11) is 0. The van der Waals surface area contributed by atoms with Gasteiger partial charge in [-0.1, -0.05) is 15.9 Å². The predicted octanol–water partition coefficient (Wildman–Crippen LogP) is 3.13.